The summed E-state index contributed by atoms with van der Waals surface area (Å²) in [5.41, 5.74) is 4.82. The number of nitrogens with zero attached hydrogens (tertiary/aromatic N) is 4. The largest absolute Gasteiger partial charge is 0.354 e. The van der Waals surface area contributed by atoms with Gasteiger partial charge in [0.05, 0.1) is 0 Å². The fraction of sp³-hybridized carbons (Fsp3) is 0.474. The third-order valence-electron chi connectivity index (χ3n) is 4.70. The van der Waals surface area contributed by atoms with Gasteiger partial charge in [0.1, 0.15) is 5.82 Å². The van der Waals surface area contributed by atoms with Gasteiger partial charge in [-0.15, -0.1) is 0 Å². The van der Waals surface area contributed by atoms with Crippen molar-refractivity contribution in [3.05, 3.63) is 41.1 Å². The monoisotopic (exact) mass is 325 g/mol. The Kier molecular flexibility index (Phi) is 5.00. The van der Waals surface area contributed by atoms with E-state index in [-0.39, 0.29) is 0 Å². The van der Waals surface area contributed by atoms with Crippen LogP contribution in [0.2, 0.25) is 0 Å². The highest BCUT2D eigenvalue weighted by molar-refractivity contribution is 5.64. The Bertz CT molecular complexity index is 682. The number of aryl methyl sites for hydroxylation is 3. The second-order valence-corrected chi connectivity index (χ2v) is 6.56. The van der Waals surface area contributed by atoms with E-state index in [0.717, 1.165) is 44.2 Å². The van der Waals surface area contributed by atoms with E-state index in [1.807, 2.05) is 12.3 Å². The smallest absolute Gasteiger partial charge is 0.229 e. The van der Waals surface area contributed by atoms with Gasteiger partial charge in [-0.1, -0.05) is 24.6 Å². The predicted octanol–water partition coefficient (Wildman–Crippen LogP) is 3.29. The van der Waals surface area contributed by atoms with E-state index in [1.165, 1.54) is 16.7 Å². The Morgan fingerprint density at radius 1 is 1.04 bits per heavy atom. The molecule has 1 aliphatic rings. The molecule has 1 saturated heterocycles. The molecule has 128 valence electrons. The summed E-state index contributed by atoms with van der Waals surface area (Å²) in [5, 5.41) is 3.41. The minimum atomic E-state index is 0.667. The summed E-state index contributed by atoms with van der Waals surface area (Å²) in [7, 11) is 0. The van der Waals surface area contributed by atoms with Crippen molar-refractivity contribution in [2.24, 2.45) is 0 Å². The van der Waals surface area contributed by atoms with Gasteiger partial charge < -0.3 is 15.1 Å². The van der Waals surface area contributed by atoms with Crippen LogP contribution in [0.1, 0.15) is 23.6 Å². The van der Waals surface area contributed by atoms with Gasteiger partial charge in [0.2, 0.25) is 5.95 Å². The summed E-state index contributed by atoms with van der Waals surface area (Å²) in [6, 6.07) is 6.37. The minimum absolute atomic E-state index is 0.667. The maximum absolute atomic E-state index is 4.73. The average molecular weight is 325 g/mol. The molecule has 2 aromatic rings. The molecule has 2 heterocycles. The third kappa shape index (κ3) is 3.67. The first kappa shape index (κ1) is 16.7. The number of aromatic nitrogens is 2. The number of piperazine rings is 1. The SMILES string of the molecule is CCN1CCN(c2ccnc(Nc3c(C)cc(C)cc3C)n2)CC1. The molecule has 0 atom stereocenters. The fourth-order valence-electron chi connectivity index (χ4n) is 3.37. The molecule has 1 fully saturated rings. The van der Waals surface area contributed by atoms with E-state index < -0.39 is 0 Å². The van der Waals surface area contributed by atoms with Crippen molar-refractivity contribution < 1.29 is 0 Å². The van der Waals surface area contributed by atoms with Gasteiger partial charge in [-0.2, -0.15) is 4.98 Å². The summed E-state index contributed by atoms with van der Waals surface area (Å²) in [4.78, 5) is 13.9. The first-order valence-electron chi connectivity index (χ1n) is 8.72. The molecule has 1 N–H and O–H groups in total. The van der Waals surface area contributed by atoms with Crippen molar-refractivity contribution in [2.45, 2.75) is 27.7 Å². The van der Waals surface area contributed by atoms with E-state index >= 15 is 0 Å². The van der Waals surface area contributed by atoms with Crippen molar-refractivity contribution in [2.75, 3.05) is 42.9 Å². The number of likely N-dealkylation sites (N-methyl/N-ethyl adjacent to an activating group) is 1. The van der Waals surface area contributed by atoms with Crippen LogP contribution in [0.3, 0.4) is 0 Å². The normalized spacial score (nSPS) is 15.6. The Labute approximate surface area is 144 Å². The molecule has 1 aromatic heterocycles. The Balaban J connectivity index is 1.77. The zero-order valence-corrected chi connectivity index (χ0v) is 15.1. The molecule has 1 aliphatic heterocycles. The topological polar surface area (TPSA) is 44.3 Å². The van der Waals surface area contributed by atoms with Crippen molar-refractivity contribution in [3.8, 4) is 0 Å². The molecule has 5 nitrogen and oxygen atoms in total. The van der Waals surface area contributed by atoms with Gasteiger partial charge >= 0.3 is 0 Å². The van der Waals surface area contributed by atoms with Crippen LogP contribution in [0.4, 0.5) is 17.5 Å². The number of hydrogen-bond donors (Lipinski definition) is 1. The first-order valence-corrected chi connectivity index (χ1v) is 8.72. The lowest BCUT2D eigenvalue weighted by Crippen LogP contribution is -2.46. The first-order chi connectivity index (χ1) is 11.6. The van der Waals surface area contributed by atoms with Crippen molar-refractivity contribution in [1.82, 2.24) is 14.9 Å². The molecule has 0 aliphatic carbocycles. The standard InChI is InChI=1S/C19H27N5/c1-5-23-8-10-24(11-9-23)17-6-7-20-19(21-17)22-18-15(3)12-14(2)13-16(18)4/h6-7,12-13H,5,8-11H2,1-4H3,(H,20,21,22). The van der Waals surface area contributed by atoms with E-state index in [4.69, 9.17) is 4.98 Å². The number of rotatable bonds is 4. The number of anilines is 3. The Morgan fingerprint density at radius 2 is 1.71 bits per heavy atom. The molecule has 0 unspecified atom stereocenters. The maximum Gasteiger partial charge on any atom is 0.229 e. The summed E-state index contributed by atoms with van der Waals surface area (Å²) in [6.07, 6.45) is 1.84. The highest BCUT2D eigenvalue weighted by Gasteiger charge is 2.17. The lowest BCUT2D eigenvalue weighted by molar-refractivity contribution is 0.270. The second kappa shape index (κ2) is 7.18. The molecular formula is C19H27N5. The van der Waals surface area contributed by atoms with E-state index in [2.05, 4.69) is 59.9 Å². The van der Waals surface area contributed by atoms with E-state index in [1.54, 1.807) is 0 Å². The fourth-order valence-corrected chi connectivity index (χ4v) is 3.37. The second-order valence-electron chi connectivity index (χ2n) is 6.56. The zero-order chi connectivity index (χ0) is 17.1. The Morgan fingerprint density at radius 3 is 2.33 bits per heavy atom. The van der Waals surface area contributed by atoms with Crippen molar-refractivity contribution in [3.63, 3.8) is 0 Å². The summed E-state index contributed by atoms with van der Waals surface area (Å²) in [6.45, 7) is 13.9. The number of nitrogens with one attached hydrogen (secondary N) is 1. The minimum Gasteiger partial charge on any atom is -0.354 e. The molecule has 0 amide bonds. The van der Waals surface area contributed by atoms with Gasteiger partial charge in [-0.3, -0.25) is 0 Å². The average Bonchev–Trinajstić information content (AvgIpc) is 2.58. The van der Waals surface area contributed by atoms with Gasteiger partial charge in [-0.05, 0) is 44.5 Å². The molecule has 24 heavy (non-hydrogen) atoms. The third-order valence-corrected chi connectivity index (χ3v) is 4.70. The van der Waals surface area contributed by atoms with Crippen LogP contribution in [0, 0.1) is 20.8 Å². The molecule has 0 bridgehead atoms. The van der Waals surface area contributed by atoms with Gasteiger partial charge in [0.25, 0.3) is 0 Å². The zero-order valence-electron chi connectivity index (χ0n) is 15.1. The van der Waals surface area contributed by atoms with Gasteiger partial charge in [-0.25, -0.2) is 4.98 Å². The summed E-state index contributed by atoms with van der Waals surface area (Å²) >= 11 is 0. The number of hydrogen-bond acceptors (Lipinski definition) is 5. The summed E-state index contributed by atoms with van der Waals surface area (Å²) in [5.74, 6) is 1.67. The van der Waals surface area contributed by atoms with Crippen molar-refractivity contribution >= 4 is 17.5 Å². The van der Waals surface area contributed by atoms with E-state index in [0.29, 0.717) is 5.95 Å². The summed E-state index contributed by atoms with van der Waals surface area (Å²) < 4.78 is 0. The van der Waals surface area contributed by atoms with Crippen LogP contribution in [-0.2, 0) is 0 Å². The van der Waals surface area contributed by atoms with Gasteiger partial charge in [0, 0.05) is 38.1 Å². The lowest BCUT2D eigenvalue weighted by atomic mass is 10.1. The highest BCUT2D eigenvalue weighted by atomic mass is 15.3. The Hall–Kier alpha value is -2.14. The predicted molar refractivity (Wildman–Crippen MR) is 100 cm³/mol. The number of benzene rings is 1. The molecule has 5 heteroatoms. The van der Waals surface area contributed by atoms with Crippen LogP contribution >= 0.6 is 0 Å². The molecule has 3 rings (SSSR count). The van der Waals surface area contributed by atoms with Crippen LogP contribution in [0.25, 0.3) is 0 Å². The maximum atomic E-state index is 4.73. The molecule has 0 radical (unpaired) electrons. The van der Waals surface area contributed by atoms with Gasteiger partial charge in [0.15, 0.2) is 0 Å². The van der Waals surface area contributed by atoms with E-state index in [9.17, 15) is 0 Å². The van der Waals surface area contributed by atoms with Crippen LogP contribution in [0.5, 0.6) is 0 Å². The molecular weight excluding hydrogens is 298 g/mol. The van der Waals surface area contributed by atoms with Crippen LogP contribution < -0.4 is 10.2 Å². The lowest BCUT2D eigenvalue weighted by Gasteiger charge is -2.34. The molecule has 0 saturated carbocycles. The highest BCUT2D eigenvalue weighted by Crippen LogP contribution is 2.25. The quantitative estimate of drug-likeness (QED) is 0.934. The van der Waals surface area contributed by atoms with Crippen molar-refractivity contribution in [1.29, 1.82) is 0 Å². The molecule has 1 aromatic carbocycles. The van der Waals surface area contributed by atoms with Crippen LogP contribution in [0.15, 0.2) is 24.4 Å². The van der Waals surface area contributed by atoms with Crippen LogP contribution in [-0.4, -0.2) is 47.6 Å². The molecule has 0 spiro atoms.